The van der Waals surface area contributed by atoms with E-state index in [4.69, 9.17) is 21.4 Å². The molecule has 0 fully saturated rings. The number of anilines is 1. The van der Waals surface area contributed by atoms with E-state index in [1.165, 1.54) is 12.3 Å². The Morgan fingerprint density at radius 2 is 1.94 bits per heavy atom. The molecule has 10 heteroatoms. The van der Waals surface area contributed by atoms with Gasteiger partial charge in [0, 0.05) is 23.7 Å². The van der Waals surface area contributed by atoms with Crippen LogP contribution in [0.15, 0.2) is 40.3 Å². The van der Waals surface area contributed by atoms with Crippen molar-refractivity contribution in [2.45, 2.75) is 58.9 Å². The van der Waals surface area contributed by atoms with E-state index in [1.54, 1.807) is 12.1 Å². The van der Waals surface area contributed by atoms with Crippen LogP contribution in [0.1, 0.15) is 58.0 Å². The third-order valence-electron chi connectivity index (χ3n) is 5.01. The summed E-state index contributed by atoms with van der Waals surface area (Å²) in [4.78, 5) is 28.4. The third kappa shape index (κ3) is 6.16. The van der Waals surface area contributed by atoms with E-state index in [0.717, 1.165) is 12.1 Å². The first-order valence-corrected chi connectivity index (χ1v) is 10.3. The van der Waals surface area contributed by atoms with Gasteiger partial charge in [-0.1, -0.05) is 32.0 Å². The zero-order valence-corrected chi connectivity index (χ0v) is 19.1. The van der Waals surface area contributed by atoms with Gasteiger partial charge in [-0.25, -0.2) is 0 Å². The van der Waals surface area contributed by atoms with E-state index in [-0.39, 0.29) is 52.5 Å². The van der Waals surface area contributed by atoms with Crippen LogP contribution >= 0.6 is 0 Å². The molecule has 0 saturated carbocycles. The van der Waals surface area contributed by atoms with Gasteiger partial charge < -0.3 is 21.3 Å². The SMILES string of the molecule is CCC(C)(C)c1cc(NC(=O)Cc2ccc(C(=N)/C(C(N)=O)=C(/N)NC(C)C)nc2)on1. The predicted molar refractivity (Wildman–Crippen MR) is 122 cm³/mol. The van der Waals surface area contributed by atoms with Gasteiger partial charge in [0.15, 0.2) is 0 Å². The minimum Gasteiger partial charge on any atom is -0.385 e. The summed E-state index contributed by atoms with van der Waals surface area (Å²) < 4.78 is 5.22. The topological polar surface area (TPSA) is 173 Å². The Bertz CT molecular complexity index is 1020. The Morgan fingerprint density at radius 1 is 1.25 bits per heavy atom. The molecule has 0 unspecified atom stereocenters. The molecule has 2 heterocycles. The zero-order valence-electron chi connectivity index (χ0n) is 19.1. The highest BCUT2D eigenvalue weighted by atomic mass is 16.5. The van der Waals surface area contributed by atoms with Crippen LogP contribution in [0, 0.1) is 5.41 Å². The van der Waals surface area contributed by atoms with Crippen LogP contribution in [0.2, 0.25) is 0 Å². The van der Waals surface area contributed by atoms with Gasteiger partial charge in [-0.2, -0.15) is 0 Å². The number of carbonyl (C=O) groups is 2. The lowest BCUT2D eigenvalue weighted by Crippen LogP contribution is -2.34. The molecule has 0 saturated heterocycles. The molecule has 172 valence electrons. The maximum atomic E-state index is 12.4. The average molecular weight is 442 g/mol. The van der Waals surface area contributed by atoms with Crippen molar-refractivity contribution in [3.8, 4) is 0 Å². The summed E-state index contributed by atoms with van der Waals surface area (Å²) >= 11 is 0. The molecule has 10 nitrogen and oxygen atoms in total. The molecule has 0 aromatic carbocycles. The van der Waals surface area contributed by atoms with Gasteiger partial charge in [0.25, 0.3) is 5.91 Å². The molecule has 0 aliphatic heterocycles. The zero-order chi connectivity index (χ0) is 24.1. The van der Waals surface area contributed by atoms with E-state index < -0.39 is 5.91 Å². The number of nitrogens with two attached hydrogens (primary N) is 2. The number of pyridine rings is 1. The van der Waals surface area contributed by atoms with Gasteiger partial charge in [-0.15, -0.1) is 0 Å². The molecule has 32 heavy (non-hydrogen) atoms. The molecule has 2 aromatic rings. The van der Waals surface area contributed by atoms with Crippen molar-refractivity contribution >= 4 is 23.4 Å². The number of nitrogens with one attached hydrogen (secondary N) is 3. The summed E-state index contributed by atoms with van der Waals surface area (Å²) in [7, 11) is 0. The number of carbonyl (C=O) groups excluding carboxylic acids is 2. The monoisotopic (exact) mass is 441 g/mol. The van der Waals surface area contributed by atoms with Gasteiger partial charge >= 0.3 is 0 Å². The summed E-state index contributed by atoms with van der Waals surface area (Å²) in [5.41, 5.74) is 12.4. The minimum atomic E-state index is -0.830. The Hall–Kier alpha value is -3.69. The molecule has 0 atom stereocenters. The number of primary amides is 1. The second-order valence-corrected chi connectivity index (χ2v) is 8.42. The second-order valence-electron chi connectivity index (χ2n) is 8.42. The van der Waals surface area contributed by atoms with Crippen molar-refractivity contribution in [3.63, 3.8) is 0 Å². The lowest BCUT2D eigenvalue weighted by Gasteiger charge is -2.18. The molecule has 2 rings (SSSR count). The maximum absolute atomic E-state index is 12.4. The van der Waals surface area contributed by atoms with Gasteiger partial charge in [0.1, 0.15) is 11.4 Å². The van der Waals surface area contributed by atoms with E-state index in [9.17, 15) is 9.59 Å². The van der Waals surface area contributed by atoms with Crippen molar-refractivity contribution in [2.24, 2.45) is 11.5 Å². The normalized spacial score (nSPS) is 12.3. The highest BCUT2D eigenvalue weighted by Gasteiger charge is 2.23. The molecule has 0 radical (unpaired) electrons. The summed E-state index contributed by atoms with van der Waals surface area (Å²) in [5.74, 6) is -0.832. The summed E-state index contributed by atoms with van der Waals surface area (Å²) in [6.07, 6.45) is 2.38. The molecule has 0 aliphatic carbocycles. The van der Waals surface area contributed by atoms with E-state index in [2.05, 4.69) is 27.7 Å². The van der Waals surface area contributed by atoms with Crippen molar-refractivity contribution in [1.82, 2.24) is 15.5 Å². The van der Waals surface area contributed by atoms with E-state index >= 15 is 0 Å². The van der Waals surface area contributed by atoms with Crippen LogP contribution in [0.4, 0.5) is 5.88 Å². The van der Waals surface area contributed by atoms with Crippen molar-refractivity contribution in [1.29, 1.82) is 5.41 Å². The smallest absolute Gasteiger partial charge is 0.254 e. The largest absolute Gasteiger partial charge is 0.385 e. The third-order valence-corrected chi connectivity index (χ3v) is 5.01. The Balaban J connectivity index is 2.08. The van der Waals surface area contributed by atoms with Crippen LogP contribution in [0.5, 0.6) is 0 Å². The molecule has 0 spiro atoms. The quantitative estimate of drug-likeness (QED) is 0.277. The van der Waals surface area contributed by atoms with Gasteiger partial charge in [0.2, 0.25) is 11.8 Å². The highest BCUT2D eigenvalue weighted by Crippen LogP contribution is 2.27. The van der Waals surface area contributed by atoms with Crippen LogP contribution in [-0.2, 0) is 21.4 Å². The lowest BCUT2D eigenvalue weighted by atomic mass is 9.87. The van der Waals surface area contributed by atoms with Crippen LogP contribution in [0.3, 0.4) is 0 Å². The fraction of sp³-hybridized carbons (Fsp3) is 0.409. The van der Waals surface area contributed by atoms with E-state index in [1.807, 2.05) is 27.7 Å². The van der Waals surface area contributed by atoms with E-state index in [0.29, 0.717) is 5.56 Å². The standard InChI is InChI=1S/C22H31N7O3/c1-6-22(4,5)15-10-17(32-29-15)28-16(30)9-13-7-8-14(26-11-13)19(23)18(21(25)31)20(24)27-12(2)3/h7-8,10-12,23,27H,6,9,24H2,1-5H3,(H2,25,31)(H,28,30)/b20-18+,23-19?. The Labute approximate surface area is 187 Å². The van der Waals surface area contributed by atoms with Gasteiger partial charge in [0.05, 0.1) is 23.5 Å². The number of hydrogen-bond acceptors (Lipinski definition) is 8. The summed E-state index contributed by atoms with van der Waals surface area (Å²) in [6.45, 7) is 9.84. The Morgan fingerprint density at radius 3 is 2.47 bits per heavy atom. The van der Waals surface area contributed by atoms with Gasteiger partial charge in [-0.3, -0.25) is 25.3 Å². The molecule has 2 amide bonds. The first-order chi connectivity index (χ1) is 14.9. The number of hydrogen-bond donors (Lipinski definition) is 5. The summed E-state index contributed by atoms with van der Waals surface area (Å²) in [6, 6.07) is 4.86. The first-order valence-electron chi connectivity index (χ1n) is 10.3. The molecule has 2 aromatic heterocycles. The second kappa shape index (κ2) is 10.1. The van der Waals surface area contributed by atoms with Crippen molar-refractivity contribution < 1.29 is 14.1 Å². The number of nitrogens with zero attached hydrogens (tertiary/aromatic N) is 2. The molecule has 0 bridgehead atoms. The highest BCUT2D eigenvalue weighted by molar-refractivity contribution is 6.26. The molecular weight excluding hydrogens is 410 g/mol. The molecule has 0 aliphatic rings. The van der Waals surface area contributed by atoms with Crippen LogP contribution in [-0.4, -0.2) is 33.7 Å². The molecular formula is C22H31N7O3. The van der Waals surface area contributed by atoms with Crippen molar-refractivity contribution in [3.05, 3.63) is 52.7 Å². The average Bonchev–Trinajstić information content (AvgIpc) is 3.16. The fourth-order valence-electron chi connectivity index (χ4n) is 2.78. The van der Waals surface area contributed by atoms with Crippen LogP contribution < -0.4 is 22.1 Å². The number of aromatic nitrogens is 2. The Kier molecular flexibility index (Phi) is 7.74. The van der Waals surface area contributed by atoms with Crippen LogP contribution in [0.25, 0.3) is 0 Å². The molecule has 7 N–H and O–H groups in total. The first kappa shape index (κ1) is 24.6. The van der Waals surface area contributed by atoms with Gasteiger partial charge in [-0.05, 0) is 31.9 Å². The fourth-order valence-corrected chi connectivity index (χ4v) is 2.78. The summed E-state index contributed by atoms with van der Waals surface area (Å²) in [5, 5.41) is 17.9. The van der Waals surface area contributed by atoms with Crippen molar-refractivity contribution in [2.75, 3.05) is 5.32 Å². The minimum absolute atomic E-state index is 0.0143. The number of rotatable bonds is 10. The predicted octanol–water partition coefficient (Wildman–Crippen LogP) is 1.96. The number of amides is 2. The maximum Gasteiger partial charge on any atom is 0.254 e. The lowest BCUT2D eigenvalue weighted by molar-refractivity contribution is -0.116.